The van der Waals surface area contributed by atoms with Crippen molar-refractivity contribution in [1.82, 2.24) is 15.1 Å². The van der Waals surface area contributed by atoms with Crippen molar-refractivity contribution < 1.29 is 4.79 Å². The summed E-state index contributed by atoms with van der Waals surface area (Å²) in [5.74, 6) is -0.302. The van der Waals surface area contributed by atoms with Crippen LogP contribution in [0.5, 0.6) is 0 Å². The van der Waals surface area contributed by atoms with Gasteiger partial charge in [-0.25, -0.2) is 0 Å². The van der Waals surface area contributed by atoms with Crippen molar-refractivity contribution in [1.29, 1.82) is 0 Å². The first kappa shape index (κ1) is 14.3. The monoisotopic (exact) mass is 272 g/mol. The molecule has 3 N–H and O–H groups in total. The van der Waals surface area contributed by atoms with Crippen molar-refractivity contribution in [3.63, 3.8) is 0 Å². The predicted octanol–water partition coefficient (Wildman–Crippen LogP) is 1.34. The van der Waals surface area contributed by atoms with Gasteiger partial charge in [0.15, 0.2) is 0 Å². The van der Waals surface area contributed by atoms with Crippen molar-refractivity contribution in [2.24, 2.45) is 11.7 Å². The van der Waals surface area contributed by atoms with Crippen LogP contribution in [-0.2, 0) is 11.3 Å². The number of nitrogens with one attached hydrogen (secondary N) is 1. The second-order valence-electron chi connectivity index (χ2n) is 4.79. The van der Waals surface area contributed by atoms with Gasteiger partial charge in [-0.1, -0.05) is 37.3 Å². The number of hydrogen-bond acceptors (Lipinski definition) is 3. The molecule has 2 aromatic rings. The Labute approximate surface area is 118 Å². The molecular formula is C15H20N4O. The Morgan fingerprint density at radius 3 is 2.75 bits per heavy atom. The maximum Gasteiger partial charge on any atom is 0.224 e. The third-order valence-electron chi connectivity index (χ3n) is 3.34. The number of hydrogen-bond donors (Lipinski definition) is 2. The summed E-state index contributed by atoms with van der Waals surface area (Å²) in [5.41, 5.74) is 7.10. The second-order valence-corrected chi connectivity index (χ2v) is 4.79. The minimum absolute atomic E-state index is 0.0338. The van der Waals surface area contributed by atoms with E-state index in [0.29, 0.717) is 13.1 Å². The molecule has 1 amide bonds. The Morgan fingerprint density at radius 2 is 2.10 bits per heavy atom. The first-order valence-electron chi connectivity index (χ1n) is 6.74. The number of carbonyl (C=O) groups excluding carboxylic acids is 1. The molecule has 0 spiro atoms. The molecule has 2 unspecified atom stereocenters. The third kappa shape index (κ3) is 3.68. The highest BCUT2D eigenvalue weighted by molar-refractivity contribution is 5.79. The molecule has 0 aliphatic heterocycles. The van der Waals surface area contributed by atoms with E-state index in [1.807, 2.05) is 49.5 Å². The van der Waals surface area contributed by atoms with Gasteiger partial charge in [0.25, 0.3) is 0 Å². The summed E-state index contributed by atoms with van der Waals surface area (Å²) >= 11 is 0. The lowest BCUT2D eigenvalue weighted by molar-refractivity contribution is -0.125. The maximum absolute atomic E-state index is 12.1. The van der Waals surface area contributed by atoms with E-state index < -0.39 is 0 Å². The Balaban J connectivity index is 1.82. The summed E-state index contributed by atoms with van der Waals surface area (Å²) in [5, 5.41) is 6.97. The van der Waals surface area contributed by atoms with E-state index in [1.54, 1.807) is 10.9 Å². The fourth-order valence-electron chi connectivity index (χ4n) is 2.01. The third-order valence-corrected chi connectivity index (χ3v) is 3.34. The maximum atomic E-state index is 12.1. The van der Waals surface area contributed by atoms with E-state index in [1.165, 1.54) is 0 Å². The van der Waals surface area contributed by atoms with Crippen LogP contribution >= 0.6 is 0 Å². The van der Waals surface area contributed by atoms with Crippen LogP contribution in [0, 0.1) is 5.92 Å². The summed E-state index contributed by atoms with van der Waals surface area (Å²) in [7, 11) is 0. The highest BCUT2D eigenvalue weighted by atomic mass is 16.1. The minimum atomic E-state index is -0.291. The van der Waals surface area contributed by atoms with E-state index in [9.17, 15) is 4.79 Å². The number of aromatic nitrogens is 2. The molecule has 0 aliphatic carbocycles. The average Bonchev–Trinajstić information content (AvgIpc) is 2.99. The van der Waals surface area contributed by atoms with Crippen LogP contribution in [0.25, 0.3) is 0 Å². The first-order chi connectivity index (χ1) is 9.68. The van der Waals surface area contributed by atoms with Gasteiger partial charge < -0.3 is 11.1 Å². The van der Waals surface area contributed by atoms with Gasteiger partial charge in [0, 0.05) is 25.0 Å². The normalized spacial score (nSPS) is 13.7. The van der Waals surface area contributed by atoms with E-state index in [2.05, 4.69) is 10.4 Å². The number of carbonyl (C=O) groups is 1. The molecule has 1 aromatic heterocycles. The molecule has 0 bridgehead atoms. The molecule has 0 saturated heterocycles. The highest BCUT2D eigenvalue weighted by Crippen LogP contribution is 2.18. The highest BCUT2D eigenvalue weighted by Gasteiger charge is 2.21. The number of amides is 1. The van der Waals surface area contributed by atoms with Gasteiger partial charge in [-0.05, 0) is 11.6 Å². The predicted molar refractivity (Wildman–Crippen MR) is 77.8 cm³/mol. The molecule has 20 heavy (non-hydrogen) atoms. The molecular weight excluding hydrogens is 252 g/mol. The molecule has 5 nitrogen and oxygen atoms in total. The minimum Gasteiger partial charge on any atom is -0.354 e. The van der Waals surface area contributed by atoms with E-state index in [4.69, 9.17) is 5.73 Å². The van der Waals surface area contributed by atoms with Crippen molar-refractivity contribution in [3.8, 4) is 0 Å². The van der Waals surface area contributed by atoms with Crippen LogP contribution in [-0.4, -0.2) is 22.2 Å². The van der Waals surface area contributed by atoms with Crippen LogP contribution in [0.15, 0.2) is 48.8 Å². The summed E-state index contributed by atoms with van der Waals surface area (Å²) < 4.78 is 1.78. The lowest BCUT2D eigenvalue weighted by Crippen LogP contribution is -2.37. The van der Waals surface area contributed by atoms with E-state index >= 15 is 0 Å². The van der Waals surface area contributed by atoms with Crippen LogP contribution in [0.3, 0.4) is 0 Å². The molecule has 2 rings (SSSR count). The number of nitrogens with zero attached hydrogens (tertiary/aromatic N) is 2. The van der Waals surface area contributed by atoms with Gasteiger partial charge in [-0.2, -0.15) is 5.10 Å². The van der Waals surface area contributed by atoms with Crippen LogP contribution in [0.4, 0.5) is 0 Å². The Morgan fingerprint density at radius 1 is 1.35 bits per heavy atom. The molecule has 0 fully saturated rings. The van der Waals surface area contributed by atoms with Gasteiger partial charge in [0.2, 0.25) is 5.91 Å². The lowest BCUT2D eigenvalue weighted by Gasteiger charge is -2.19. The quantitative estimate of drug-likeness (QED) is 0.833. The molecule has 0 aliphatic rings. The number of nitrogens with two attached hydrogens (primary N) is 1. The van der Waals surface area contributed by atoms with Crippen molar-refractivity contribution in [3.05, 3.63) is 54.4 Å². The summed E-state index contributed by atoms with van der Waals surface area (Å²) in [6.07, 6.45) is 3.58. The Kier molecular flexibility index (Phi) is 4.90. The summed E-state index contributed by atoms with van der Waals surface area (Å²) in [6.45, 7) is 3.05. The summed E-state index contributed by atoms with van der Waals surface area (Å²) in [6, 6.07) is 11.2. The molecule has 1 heterocycles. The van der Waals surface area contributed by atoms with E-state index in [0.717, 1.165) is 5.56 Å². The van der Waals surface area contributed by atoms with Gasteiger partial charge >= 0.3 is 0 Å². The second kappa shape index (κ2) is 6.86. The lowest BCUT2D eigenvalue weighted by atomic mass is 9.95. The molecule has 5 heteroatoms. The van der Waals surface area contributed by atoms with Crippen molar-refractivity contribution in [2.75, 3.05) is 6.54 Å². The smallest absolute Gasteiger partial charge is 0.224 e. The largest absolute Gasteiger partial charge is 0.354 e. The molecule has 0 saturated carbocycles. The van der Waals surface area contributed by atoms with Gasteiger partial charge in [0.1, 0.15) is 0 Å². The van der Waals surface area contributed by atoms with Crippen LogP contribution < -0.4 is 11.1 Å². The van der Waals surface area contributed by atoms with E-state index in [-0.39, 0.29) is 17.9 Å². The molecule has 1 aromatic carbocycles. The topological polar surface area (TPSA) is 72.9 Å². The van der Waals surface area contributed by atoms with Crippen LogP contribution in [0.1, 0.15) is 18.5 Å². The molecule has 2 atom stereocenters. The first-order valence-corrected chi connectivity index (χ1v) is 6.74. The zero-order valence-electron chi connectivity index (χ0n) is 11.6. The Hall–Kier alpha value is -2.14. The summed E-state index contributed by atoms with van der Waals surface area (Å²) in [4.78, 5) is 12.1. The zero-order valence-corrected chi connectivity index (χ0v) is 11.6. The molecule has 106 valence electrons. The molecule has 0 radical (unpaired) electrons. The van der Waals surface area contributed by atoms with Gasteiger partial charge in [-0.15, -0.1) is 0 Å². The SMILES string of the molecule is CC(C(=O)NCCn1cccn1)C(N)c1ccccc1. The Bertz CT molecular complexity index is 524. The van der Waals surface area contributed by atoms with Crippen LogP contribution in [0.2, 0.25) is 0 Å². The number of benzene rings is 1. The zero-order chi connectivity index (χ0) is 14.4. The fraction of sp³-hybridized carbons (Fsp3) is 0.333. The van der Waals surface area contributed by atoms with Gasteiger partial charge in [0.05, 0.1) is 12.5 Å². The van der Waals surface area contributed by atoms with Gasteiger partial charge in [-0.3, -0.25) is 9.48 Å². The number of rotatable bonds is 6. The fourth-order valence-corrected chi connectivity index (χ4v) is 2.01. The standard InChI is InChI=1S/C15H20N4O/c1-12(14(16)13-6-3-2-4-7-13)15(20)17-9-11-19-10-5-8-18-19/h2-8,10,12,14H,9,11,16H2,1H3,(H,17,20). The van der Waals surface area contributed by atoms with Crippen molar-refractivity contribution in [2.45, 2.75) is 19.5 Å². The van der Waals surface area contributed by atoms with Crippen molar-refractivity contribution >= 4 is 5.91 Å². The average molecular weight is 272 g/mol.